The second-order valence-corrected chi connectivity index (χ2v) is 7.75. The van der Waals surface area contributed by atoms with Crippen molar-refractivity contribution in [2.75, 3.05) is 18.0 Å². The molecule has 18 heavy (non-hydrogen) atoms. The van der Waals surface area contributed by atoms with Crippen LogP contribution in [-0.2, 0) is 10.0 Å². The second kappa shape index (κ2) is 5.69. The number of nitrogens with one attached hydrogen (secondary N) is 1. The lowest BCUT2D eigenvalue weighted by atomic mass is 10.2. The van der Waals surface area contributed by atoms with Crippen molar-refractivity contribution in [3.63, 3.8) is 0 Å². The minimum Gasteiger partial charge on any atom is -0.398 e. The molecule has 3 N–H and O–H groups in total. The van der Waals surface area contributed by atoms with Crippen molar-refractivity contribution in [2.45, 2.75) is 23.0 Å². The van der Waals surface area contributed by atoms with Crippen molar-refractivity contribution >= 4 is 39.1 Å². The Morgan fingerprint density at radius 1 is 1.50 bits per heavy atom. The molecule has 1 fully saturated rings. The van der Waals surface area contributed by atoms with Crippen molar-refractivity contribution in [2.24, 2.45) is 0 Å². The van der Waals surface area contributed by atoms with Gasteiger partial charge in [0.2, 0.25) is 10.0 Å². The molecule has 100 valence electrons. The van der Waals surface area contributed by atoms with Gasteiger partial charge in [-0.25, -0.2) is 13.1 Å². The van der Waals surface area contributed by atoms with Crippen LogP contribution in [0.5, 0.6) is 0 Å². The van der Waals surface area contributed by atoms with Gasteiger partial charge in [0.1, 0.15) is 0 Å². The summed E-state index contributed by atoms with van der Waals surface area (Å²) in [5.41, 5.74) is 5.93. The maximum atomic E-state index is 12.0. The van der Waals surface area contributed by atoms with Crippen LogP contribution in [0.1, 0.15) is 12.8 Å². The molecule has 1 aliphatic heterocycles. The average molecular weight is 307 g/mol. The number of benzene rings is 1. The predicted octanol–water partition coefficient (Wildman–Crippen LogP) is 2.10. The van der Waals surface area contributed by atoms with Gasteiger partial charge in [-0.3, -0.25) is 0 Å². The van der Waals surface area contributed by atoms with E-state index in [1.165, 1.54) is 18.2 Å². The summed E-state index contributed by atoms with van der Waals surface area (Å²) in [6.45, 7) is 0.467. The van der Waals surface area contributed by atoms with Gasteiger partial charge < -0.3 is 5.73 Å². The quantitative estimate of drug-likeness (QED) is 0.836. The van der Waals surface area contributed by atoms with Crippen molar-refractivity contribution < 1.29 is 8.42 Å². The monoisotopic (exact) mass is 306 g/mol. The van der Waals surface area contributed by atoms with Gasteiger partial charge in [0.15, 0.2) is 0 Å². The van der Waals surface area contributed by atoms with E-state index >= 15 is 0 Å². The van der Waals surface area contributed by atoms with Crippen LogP contribution in [-0.4, -0.2) is 26.0 Å². The van der Waals surface area contributed by atoms with E-state index in [0.29, 0.717) is 17.5 Å². The summed E-state index contributed by atoms with van der Waals surface area (Å²) in [6.07, 6.45) is 2.22. The summed E-state index contributed by atoms with van der Waals surface area (Å²) < 4.78 is 26.7. The molecular weight excluding hydrogens is 292 g/mol. The van der Waals surface area contributed by atoms with Gasteiger partial charge in [-0.1, -0.05) is 11.6 Å². The van der Waals surface area contributed by atoms with Crippen molar-refractivity contribution in [3.8, 4) is 0 Å². The zero-order valence-corrected chi connectivity index (χ0v) is 12.1. The Balaban J connectivity index is 2.07. The van der Waals surface area contributed by atoms with Crippen LogP contribution in [0, 0.1) is 0 Å². The highest BCUT2D eigenvalue weighted by Gasteiger charge is 2.20. The Morgan fingerprint density at radius 3 is 2.89 bits per heavy atom. The van der Waals surface area contributed by atoms with E-state index in [1.54, 1.807) is 0 Å². The Bertz CT molecular complexity index is 528. The van der Waals surface area contributed by atoms with Gasteiger partial charge in [0, 0.05) is 11.8 Å². The fraction of sp³-hybridized carbons (Fsp3) is 0.455. The summed E-state index contributed by atoms with van der Waals surface area (Å²) >= 11 is 7.64. The lowest BCUT2D eigenvalue weighted by Crippen LogP contribution is -2.29. The van der Waals surface area contributed by atoms with Crippen LogP contribution < -0.4 is 10.5 Å². The Hall–Kier alpha value is -0.430. The first-order valence-electron chi connectivity index (χ1n) is 5.65. The van der Waals surface area contributed by atoms with Crippen LogP contribution in [0.25, 0.3) is 0 Å². The maximum absolute atomic E-state index is 12.0. The first kappa shape index (κ1) is 14.0. The molecule has 1 saturated heterocycles. The van der Waals surface area contributed by atoms with E-state index in [-0.39, 0.29) is 9.92 Å². The predicted molar refractivity (Wildman–Crippen MR) is 76.5 cm³/mol. The first-order valence-corrected chi connectivity index (χ1v) is 8.56. The van der Waals surface area contributed by atoms with Gasteiger partial charge in [-0.15, -0.1) is 0 Å². The van der Waals surface area contributed by atoms with Crippen LogP contribution in [0.3, 0.4) is 0 Å². The minimum absolute atomic E-state index is 0.157. The van der Waals surface area contributed by atoms with Gasteiger partial charge in [0.05, 0.1) is 15.6 Å². The summed E-state index contributed by atoms with van der Waals surface area (Å²) in [5, 5.41) is 0.636. The number of hydrogen-bond donors (Lipinski definition) is 2. The molecule has 0 bridgehead atoms. The normalized spacial score (nSPS) is 20.2. The number of nitrogen functional groups attached to an aromatic ring is 1. The van der Waals surface area contributed by atoms with Crippen molar-refractivity contribution in [3.05, 3.63) is 23.2 Å². The Labute approximate surface area is 116 Å². The number of sulfonamides is 1. The van der Waals surface area contributed by atoms with Crippen LogP contribution in [0.4, 0.5) is 5.69 Å². The van der Waals surface area contributed by atoms with E-state index in [2.05, 4.69) is 4.72 Å². The highest BCUT2D eigenvalue weighted by atomic mass is 35.5. The molecule has 0 aliphatic carbocycles. The molecule has 1 heterocycles. The largest absolute Gasteiger partial charge is 0.398 e. The standard InChI is InChI=1S/C11H15ClN2O2S2/c12-10-6-9(3-4-11(10)13)18(15,16)14-7-8-2-1-5-17-8/h3-4,6,8,14H,1-2,5,7,13H2. The molecule has 0 spiro atoms. The smallest absolute Gasteiger partial charge is 0.240 e. The number of rotatable bonds is 4. The summed E-state index contributed by atoms with van der Waals surface area (Å²) in [7, 11) is -3.49. The molecule has 0 amide bonds. The number of hydrogen-bond acceptors (Lipinski definition) is 4. The van der Waals surface area contributed by atoms with E-state index in [1.807, 2.05) is 11.8 Å². The summed E-state index contributed by atoms with van der Waals surface area (Å²) in [5.74, 6) is 1.11. The summed E-state index contributed by atoms with van der Waals surface area (Å²) in [4.78, 5) is 0.157. The molecular formula is C11H15ClN2O2S2. The molecule has 0 aromatic heterocycles. The second-order valence-electron chi connectivity index (χ2n) is 4.17. The molecule has 1 aromatic carbocycles. The topological polar surface area (TPSA) is 72.2 Å². The van der Waals surface area contributed by atoms with Gasteiger partial charge >= 0.3 is 0 Å². The summed E-state index contributed by atoms with van der Waals surface area (Å²) in [6, 6.07) is 4.34. The maximum Gasteiger partial charge on any atom is 0.240 e. The van der Waals surface area contributed by atoms with Crippen molar-refractivity contribution in [1.82, 2.24) is 4.72 Å². The number of anilines is 1. The molecule has 0 saturated carbocycles. The zero-order valence-electron chi connectivity index (χ0n) is 9.73. The number of halogens is 1. The number of thioether (sulfide) groups is 1. The van der Waals surface area contributed by atoms with E-state index in [0.717, 1.165) is 18.6 Å². The average Bonchev–Trinajstić information content (AvgIpc) is 2.83. The van der Waals surface area contributed by atoms with Gasteiger partial charge in [-0.2, -0.15) is 11.8 Å². The molecule has 7 heteroatoms. The fourth-order valence-electron chi connectivity index (χ4n) is 1.77. The Kier molecular flexibility index (Phi) is 4.42. The van der Waals surface area contributed by atoms with E-state index in [9.17, 15) is 8.42 Å². The lowest BCUT2D eigenvalue weighted by Gasteiger charge is -2.11. The Morgan fingerprint density at radius 2 is 2.28 bits per heavy atom. The molecule has 0 radical (unpaired) electrons. The third kappa shape index (κ3) is 3.32. The minimum atomic E-state index is -3.49. The molecule has 1 aliphatic rings. The van der Waals surface area contributed by atoms with E-state index in [4.69, 9.17) is 17.3 Å². The first-order chi connectivity index (χ1) is 8.49. The van der Waals surface area contributed by atoms with Gasteiger partial charge in [0.25, 0.3) is 0 Å². The molecule has 4 nitrogen and oxygen atoms in total. The fourth-order valence-corrected chi connectivity index (χ4v) is 4.43. The molecule has 1 atom stereocenters. The highest BCUT2D eigenvalue weighted by Crippen LogP contribution is 2.26. The van der Waals surface area contributed by atoms with Crippen LogP contribution in [0.15, 0.2) is 23.1 Å². The zero-order chi connectivity index (χ0) is 13.2. The van der Waals surface area contributed by atoms with Crippen LogP contribution >= 0.6 is 23.4 Å². The van der Waals surface area contributed by atoms with E-state index < -0.39 is 10.0 Å². The molecule has 2 rings (SSSR count). The van der Waals surface area contributed by atoms with Crippen molar-refractivity contribution in [1.29, 1.82) is 0 Å². The molecule has 1 aromatic rings. The lowest BCUT2D eigenvalue weighted by molar-refractivity contribution is 0.579. The van der Waals surface area contributed by atoms with Crippen LogP contribution in [0.2, 0.25) is 5.02 Å². The SMILES string of the molecule is Nc1ccc(S(=O)(=O)NCC2CCCS2)cc1Cl. The number of nitrogens with two attached hydrogens (primary N) is 1. The third-order valence-corrected chi connectivity index (χ3v) is 5.95. The van der Waals surface area contributed by atoms with Gasteiger partial charge in [-0.05, 0) is 36.8 Å². The highest BCUT2D eigenvalue weighted by molar-refractivity contribution is 8.00. The third-order valence-electron chi connectivity index (χ3n) is 2.81. The molecule has 1 unspecified atom stereocenters.